The van der Waals surface area contributed by atoms with Gasteiger partial charge in [0.1, 0.15) is 5.69 Å². The van der Waals surface area contributed by atoms with Gasteiger partial charge in [-0.05, 0) is 66.3 Å². The fourth-order valence-corrected chi connectivity index (χ4v) is 3.48. The van der Waals surface area contributed by atoms with Crippen LogP contribution in [0.4, 0.5) is 11.4 Å². The van der Waals surface area contributed by atoms with Crippen molar-refractivity contribution in [2.24, 2.45) is 5.92 Å². The van der Waals surface area contributed by atoms with Gasteiger partial charge in [-0.3, -0.25) is 10.1 Å². The summed E-state index contributed by atoms with van der Waals surface area (Å²) in [5.74, 6) is 0.852. The van der Waals surface area contributed by atoms with E-state index in [1.807, 2.05) is 12.1 Å². The first-order valence-corrected chi connectivity index (χ1v) is 8.38. The summed E-state index contributed by atoms with van der Waals surface area (Å²) in [4.78, 5) is 10.8. The van der Waals surface area contributed by atoms with E-state index in [9.17, 15) is 10.1 Å². The van der Waals surface area contributed by atoms with Gasteiger partial charge in [0.05, 0.1) is 4.92 Å². The molecule has 0 amide bonds. The number of nitrogens with one attached hydrogen (secondary N) is 1. The number of halogens is 1. The molecule has 110 valence electrons. The van der Waals surface area contributed by atoms with Crippen LogP contribution in [0.15, 0.2) is 18.2 Å². The number of nitro benzene ring substituents is 1. The summed E-state index contributed by atoms with van der Waals surface area (Å²) < 4.78 is 0.895. The van der Waals surface area contributed by atoms with Crippen molar-refractivity contribution in [3.05, 3.63) is 31.9 Å². The Morgan fingerprint density at radius 3 is 2.65 bits per heavy atom. The van der Waals surface area contributed by atoms with Crippen LogP contribution in [-0.2, 0) is 0 Å². The summed E-state index contributed by atoms with van der Waals surface area (Å²) in [6.07, 6.45) is 7.29. The quantitative estimate of drug-likeness (QED) is 0.440. The SMILES string of the molecule is CCCC1CCC(Nc2ccc(I)cc2[N+](=O)[O-])CC1. The molecule has 2 rings (SSSR count). The van der Waals surface area contributed by atoms with Crippen molar-refractivity contribution in [2.45, 2.75) is 51.5 Å². The highest BCUT2D eigenvalue weighted by Gasteiger charge is 2.23. The van der Waals surface area contributed by atoms with Gasteiger partial charge >= 0.3 is 0 Å². The van der Waals surface area contributed by atoms with Crippen LogP contribution >= 0.6 is 22.6 Å². The van der Waals surface area contributed by atoms with Crippen molar-refractivity contribution in [2.75, 3.05) is 5.32 Å². The van der Waals surface area contributed by atoms with Gasteiger partial charge in [-0.2, -0.15) is 0 Å². The molecule has 1 aliphatic rings. The standard InChI is InChI=1S/C15H21IN2O2/c1-2-3-11-4-7-13(8-5-11)17-14-9-6-12(16)10-15(14)18(19)20/h6,9-11,13,17H,2-5,7-8H2,1H3. The largest absolute Gasteiger partial charge is 0.377 e. The van der Waals surface area contributed by atoms with Gasteiger partial charge < -0.3 is 5.32 Å². The molecule has 1 fully saturated rings. The molecule has 1 N–H and O–H groups in total. The molecule has 0 unspecified atom stereocenters. The number of hydrogen-bond donors (Lipinski definition) is 1. The molecule has 1 aromatic rings. The Bertz CT molecular complexity index is 471. The average Bonchev–Trinajstić information content (AvgIpc) is 2.43. The first kappa shape index (κ1) is 15.5. The highest BCUT2D eigenvalue weighted by molar-refractivity contribution is 14.1. The van der Waals surface area contributed by atoms with Gasteiger partial charge in [0.15, 0.2) is 0 Å². The molecule has 0 saturated heterocycles. The Kier molecular flexibility index (Phi) is 5.63. The van der Waals surface area contributed by atoms with E-state index in [-0.39, 0.29) is 10.6 Å². The molecule has 1 saturated carbocycles. The predicted molar refractivity (Wildman–Crippen MR) is 90.1 cm³/mol. The van der Waals surface area contributed by atoms with Crippen molar-refractivity contribution in [3.63, 3.8) is 0 Å². The van der Waals surface area contributed by atoms with Gasteiger partial charge in [0.25, 0.3) is 5.69 Å². The maximum Gasteiger partial charge on any atom is 0.293 e. The van der Waals surface area contributed by atoms with Gasteiger partial charge in [-0.1, -0.05) is 19.8 Å². The molecule has 5 heteroatoms. The maximum atomic E-state index is 11.1. The first-order valence-electron chi connectivity index (χ1n) is 7.30. The molecule has 0 radical (unpaired) electrons. The molecule has 20 heavy (non-hydrogen) atoms. The highest BCUT2D eigenvalue weighted by Crippen LogP contribution is 2.32. The van der Waals surface area contributed by atoms with E-state index in [1.54, 1.807) is 6.07 Å². The van der Waals surface area contributed by atoms with Gasteiger partial charge in [0, 0.05) is 15.7 Å². The summed E-state index contributed by atoms with van der Waals surface area (Å²) in [5.41, 5.74) is 0.849. The van der Waals surface area contributed by atoms with E-state index in [4.69, 9.17) is 0 Å². The lowest BCUT2D eigenvalue weighted by atomic mass is 9.83. The Balaban J connectivity index is 1.99. The molecular weight excluding hydrogens is 367 g/mol. The van der Waals surface area contributed by atoms with E-state index in [0.29, 0.717) is 11.7 Å². The maximum absolute atomic E-state index is 11.1. The van der Waals surface area contributed by atoms with E-state index < -0.39 is 0 Å². The molecule has 0 aromatic heterocycles. The van der Waals surface area contributed by atoms with Crippen LogP contribution in [0, 0.1) is 19.6 Å². The van der Waals surface area contributed by atoms with E-state index in [0.717, 1.165) is 22.3 Å². The Morgan fingerprint density at radius 2 is 2.05 bits per heavy atom. The number of anilines is 1. The fourth-order valence-electron chi connectivity index (χ4n) is 3.00. The zero-order valence-electron chi connectivity index (χ0n) is 11.8. The normalized spacial score (nSPS) is 22.5. The van der Waals surface area contributed by atoms with Crippen molar-refractivity contribution in [1.29, 1.82) is 0 Å². The zero-order chi connectivity index (χ0) is 14.5. The van der Waals surface area contributed by atoms with Gasteiger partial charge in [0.2, 0.25) is 0 Å². The van der Waals surface area contributed by atoms with Crippen LogP contribution in [0.5, 0.6) is 0 Å². The smallest absolute Gasteiger partial charge is 0.293 e. The average molecular weight is 388 g/mol. The summed E-state index contributed by atoms with van der Waals surface area (Å²) in [7, 11) is 0. The molecule has 1 aliphatic carbocycles. The van der Waals surface area contributed by atoms with Crippen LogP contribution in [0.2, 0.25) is 0 Å². The van der Waals surface area contributed by atoms with Crippen LogP contribution in [0.25, 0.3) is 0 Å². The number of nitrogens with zero attached hydrogens (tertiary/aromatic N) is 1. The number of hydrogen-bond acceptors (Lipinski definition) is 3. The summed E-state index contributed by atoms with van der Waals surface area (Å²) in [5, 5.41) is 14.5. The third-order valence-corrected chi connectivity index (χ3v) is 4.73. The molecule has 0 bridgehead atoms. The molecular formula is C15H21IN2O2. The van der Waals surface area contributed by atoms with Crippen molar-refractivity contribution < 1.29 is 4.92 Å². The molecule has 0 spiro atoms. The van der Waals surface area contributed by atoms with Crippen LogP contribution in [-0.4, -0.2) is 11.0 Å². The molecule has 1 aromatic carbocycles. The summed E-state index contributed by atoms with van der Waals surface area (Å²) >= 11 is 2.11. The summed E-state index contributed by atoms with van der Waals surface area (Å²) in [6, 6.07) is 5.75. The molecule has 0 atom stereocenters. The van der Waals surface area contributed by atoms with Crippen LogP contribution in [0.1, 0.15) is 45.4 Å². The van der Waals surface area contributed by atoms with E-state index in [2.05, 4.69) is 34.8 Å². The Labute approximate surface area is 133 Å². The Morgan fingerprint density at radius 1 is 1.35 bits per heavy atom. The van der Waals surface area contributed by atoms with Gasteiger partial charge in [-0.15, -0.1) is 0 Å². The van der Waals surface area contributed by atoms with Crippen LogP contribution < -0.4 is 5.32 Å². The highest BCUT2D eigenvalue weighted by atomic mass is 127. The minimum atomic E-state index is -0.298. The second kappa shape index (κ2) is 7.24. The second-order valence-electron chi connectivity index (χ2n) is 5.57. The predicted octanol–water partition coefficient (Wildman–Crippen LogP) is 4.97. The van der Waals surface area contributed by atoms with E-state index in [1.165, 1.54) is 25.7 Å². The third kappa shape index (κ3) is 4.07. The Hall–Kier alpha value is -0.850. The number of nitro groups is 1. The molecule has 0 heterocycles. The second-order valence-corrected chi connectivity index (χ2v) is 6.81. The topological polar surface area (TPSA) is 55.2 Å². The number of rotatable bonds is 5. The molecule has 0 aliphatic heterocycles. The summed E-state index contributed by atoms with van der Waals surface area (Å²) in [6.45, 7) is 2.24. The number of benzene rings is 1. The third-order valence-electron chi connectivity index (χ3n) is 4.06. The zero-order valence-corrected chi connectivity index (χ0v) is 13.9. The van der Waals surface area contributed by atoms with E-state index >= 15 is 0 Å². The van der Waals surface area contributed by atoms with Crippen molar-refractivity contribution in [3.8, 4) is 0 Å². The monoisotopic (exact) mass is 388 g/mol. The lowest BCUT2D eigenvalue weighted by molar-refractivity contribution is -0.384. The lowest BCUT2D eigenvalue weighted by Gasteiger charge is -2.29. The van der Waals surface area contributed by atoms with Crippen molar-refractivity contribution in [1.82, 2.24) is 0 Å². The lowest BCUT2D eigenvalue weighted by Crippen LogP contribution is -2.26. The van der Waals surface area contributed by atoms with Crippen molar-refractivity contribution >= 4 is 34.0 Å². The minimum absolute atomic E-state index is 0.188. The molecule has 4 nitrogen and oxygen atoms in total. The van der Waals surface area contributed by atoms with Gasteiger partial charge in [-0.25, -0.2) is 0 Å². The minimum Gasteiger partial charge on any atom is -0.377 e. The fraction of sp³-hybridized carbons (Fsp3) is 0.600. The first-order chi connectivity index (χ1) is 9.60. The van der Waals surface area contributed by atoms with Crippen LogP contribution in [0.3, 0.4) is 0 Å².